The number of alkyl carbamates (subject to hydrolysis) is 1. The van der Waals surface area contributed by atoms with Crippen molar-refractivity contribution in [1.82, 2.24) is 15.4 Å². The summed E-state index contributed by atoms with van der Waals surface area (Å²) in [7, 11) is -4.27. The minimum absolute atomic E-state index is 0.0230. The number of aliphatic carboxylic acids is 1. The number of hydrogen-bond donors (Lipinski definition) is 4. The van der Waals surface area contributed by atoms with E-state index >= 15 is 0 Å². The van der Waals surface area contributed by atoms with Gasteiger partial charge in [-0.2, -0.15) is 0 Å². The van der Waals surface area contributed by atoms with Crippen LogP contribution in [-0.2, 0) is 38.8 Å². The van der Waals surface area contributed by atoms with Gasteiger partial charge in [0.15, 0.2) is 0 Å². The molecule has 3 aliphatic rings. The van der Waals surface area contributed by atoms with Crippen molar-refractivity contribution in [2.24, 2.45) is 4.99 Å². The lowest BCUT2D eigenvalue weighted by Crippen LogP contribution is -2.44. The fourth-order valence-electron chi connectivity index (χ4n) is 9.09. The van der Waals surface area contributed by atoms with Crippen LogP contribution in [0.1, 0.15) is 87.9 Å². The van der Waals surface area contributed by atoms with Crippen molar-refractivity contribution in [1.29, 1.82) is 0 Å². The molecular weight excluding hydrogens is 777 g/mol. The quantitative estimate of drug-likeness (QED) is 0.0821. The van der Waals surface area contributed by atoms with Gasteiger partial charge in [0.2, 0.25) is 5.96 Å². The average Bonchev–Trinajstić information content (AvgIpc) is 3.68. The maximum Gasteiger partial charge on any atom is 0.407 e. The van der Waals surface area contributed by atoms with E-state index in [2.05, 4.69) is 27.5 Å². The molecule has 12 heteroatoms. The highest BCUT2D eigenvalue weighted by Crippen LogP contribution is 2.45. The molecule has 0 bridgehead atoms. The van der Waals surface area contributed by atoms with Gasteiger partial charge in [-0.1, -0.05) is 97.1 Å². The molecule has 2 aliphatic carbocycles. The van der Waals surface area contributed by atoms with Crippen molar-refractivity contribution >= 4 is 28.0 Å². The first-order chi connectivity index (χ1) is 28.7. The minimum atomic E-state index is -4.27. The topological polar surface area (TPSA) is 155 Å². The Balaban J connectivity index is 1.06. The van der Waals surface area contributed by atoms with E-state index in [-0.39, 0.29) is 36.3 Å². The van der Waals surface area contributed by atoms with Gasteiger partial charge < -0.3 is 25.2 Å². The van der Waals surface area contributed by atoms with Gasteiger partial charge in [-0.05, 0) is 115 Å². The number of rotatable bonds is 10. The highest BCUT2D eigenvalue weighted by Gasteiger charge is 2.37. The third-order valence-corrected chi connectivity index (χ3v) is 13.7. The molecule has 5 aromatic rings. The summed E-state index contributed by atoms with van der Waals surface area (Å²) in [6, 6.07) is 30.2. The first-order valence-electron chi connectivity index (χ1n) is 20.4. The number of carbonyl (C=O) groups is 2. The predicted octanol–water partition coefficient (Wildman–Crippen LogP) is 7.82. The Kier molecular flexibility index (Phi) is 10.9. The van der Waals surface area contributed by atoms with Crippen molar-refractivity contribution in [2.45, 2.75) is 88.8 Å². The van der Waals surface area contributed by atoms with Gasteiger partial charge in [0.25, 0.3) is 10.0 Å². The van der Waals surface area contributed by atoms with Gasteiger partial charge in [0.1, 0.15) is 24.0 Å². The molecular formula is C48H50N4O7S. The largest absolute Gasteiger partial charge is 0.487 e. The highest BCUT2D eigenvalue weighted by molar-refractivity contribution is 7.90. The minimum Gasteiger partial charge on any atom is -0.487 e. The van der Waals surface area contributed by atoms with Gasteiger partial charge in [-0.25, -0.2) is 22.7 Å². The number of nitrogens with zero attached hydrogens (tertiary/aromatic N) is 1. The van der Waals surface area contributed by atoms with Gasteiger partial charge in [0, 0.05) is 24.4 Å². The molecule has 1 aliphatic heterocycles. The van der Waals surface area contributed by atoms with E-state index in [1.54, 1.807) is 13.8 Å². The van der Waals surface area contributed by atoms with Crippen LogP contribution >= 0.6 is 0 Å². The molecule has 1 amide bonds. The number of ether oxygens (including phenoxy) is 2. The normalized spacial score (nSPS) is 15.9. The molecule has 0 fully saturated rings. The van der Waals surface area contributed by atoms with E-state index in [9.17, 15) is 23.1 Å². The lowest BCUT2D eigenvalue weighted by molar-refractivity contribution is -0.139. The molecule has 4 N–H and O–H groups in total. The second-order valence-electron chi connectivity index (χ2n) is 16.5. The van der Waals surface area contributed by atoms with Crippen LogP contribution in [0.5, 0.6) is 5.75 Å². The number of aliphatic imine (C=N–C) groups is 1. The number of hydrogen-bond acceptors (Lipinski definition) is 7. The van der Waals surface area contributed by atoms with E-state index < -0.39 is 39.8 Å². The number of benzene rings is 5. The predicted molar refractivity (Wildman–Crippen MR) is 231 cm³/mol. The third kappa shape index (κ3) is 7.83. The number of sulfonamides is 1. The summed E-state index contributed by atoms with van der Waals surface area (Å²) in [6.45, 7) is 9.30. The second-order valence-corrected chi connectivity index (χ2v) is 18.1. The van der Waals surface area contributed by atoms with E-state index in [4.69, 9.17) is 14.5 Å². The molecule has 60 heavy (non-hydrogen) atoms. The Labute approximate surface area is 351 Å². The zero-order valence-electron chi connectivity index (χ0n) is 34.5. The summed E-state index contributed by atoms with van der Waals surface area (Å²) in [6.07, 6.45) is 1.14. The Morgan fingerprint density at radius 1 is 0.817 bits per heavy atom. The lowest BCUT2D eigenvalue weighted by atomic mass is 9.94. The standard InChI is InChI=1S/C48H50N4O7S/c1-28-29(2)44(30(3)39-26-48(4,5)59-43(28)39)60(56,57)52-46(51-42-33-16-8-6-14-31(33)22-23-32-15-7-9-17-34(32)42)49-25-24-41(45(53)54)50-47(55)58-27-40-37-20-12-10-18-35(37)36-19-11-13-21-38(36)40/h6-21,40-42H,22-27H2,1-5H3,(H,50,55)(H,53,54)(H2,49,51,52). The van der Waals surface area contributed by atoms with Crippen LogP contribution in [-0.4, -0.2) is 56.3 Å². The van der Waals surface area contributed by atoms with Gasteiger partial charge in [-0.3, -0.25) is 4.99 Å². The van der Waals surface area contributed by atoms with Gasteiger partial charge >= 0.3 is 12.1 Å². The van der Waals surface area contributed by atoms with Gasteiger partial charge in [0.05, 0.1) is 10.9 Å². The van der Waals surface area contributed by atoms with E-state index in [0.717, 1.165) is 74.2 Å². The Bertz CT molecular complexity index is 2560. The number of guanidine groups is 1. The number of aryl methyl sites for hydroxylation is 2. The SMILES string of the molecule is Cc1c(C)c(S(=O)(=O)NC(=NCCC(NC(=O)OCC2c3ccccc3-c3ccccc32)C(=O)O)NC2c3ccccc3CCc3ccccc32)c(C)c2c1OC(C)(C)C2. The number of carbonyl (C=O) groups excluding carboxylic acids is 1. The monoisotopic (exact) mass is 826 g/mol. The molecule has 0 radical (unpaired) electrons. The van der Waals surface area contributed by atoms with Crippen LogP contribution < -0.4 is 20.1 Å². The summed E-state index contributed by atoms with van der Waals surface area (Å²) in [4.78, 5) is 30.6. The molecule has 0 spiro atoms. The number of carboxylic acids is 1. The zero-order chi connectivity index (χ0) is 42.3. The Morgan fingerprint density at radius 2 is 1.37 bits per heavy atom. The van der Waals surface area contributed by atoms with Crippen molar-refractivity contribution < 1.29 is 32.6 Å². The van der Waals surface area contributed by atoms with E-state index in [0.29, 0.717) is 17.5 Å². The number of carboxylic acid groups (broad SMARTS) is 1. The first-order valence-corrected chi connectivity index (χ1v) is 21.9. The maximum atomic E-state index is 14.6. The maximum absolute atomic E-state index is 14.6. The number of nitrogens with one attached hydrogen (secondary N) is 3. The van der Waals surface area contributed by atoms with Crippen molar-refractivity contribution in [3.05, 3.63) is 153 Å². The van der Waals surface area contributed by atoms with Crippen molar-refractivity contribution in [3.63, 3.8) is 0 Å². The summed E-state index contributed by atoms with van der Waals surface area (Å²) >= 11 is 0. The summed E-state index contributed by atoms with van der Waals surface area (Å²) in [5.41, 5.74) is 10.7. The van der Waals surface area contributed by atoms with Crippen LogP contribution in [0.2, 0.25) is 0 Å². The number of fused-ring (bicyclic) bond motifs is 6. The lowest BCUT2D eigenvalue weighted by Gasteiger charge is -2.25. The van der Waals surface area contributed by atoms with Crippen LogP contribution in [0.15, 0.2) is 107 Å². The molecule has 8 rings (SSSR count). The molecule has 1 unspecified atom stereocenters. The van der Waals surface area contributed by atoms with Crippen LogP contribution in [0.25, 0.3) is 11.1 Å². The Hall–Kier alpha value is -6.14. The molecule has 0 saturated heterocycles. The molecule has 1 heterocycles. The molecule has 1 atom stereocenters. The van der Waals surface area contributed by atoms with Gasteiger partial charge in [-0.15, -0.1) is 0 Å². The fourth-order valence-corrected chi connectivity index (χ4v) is 10.7. The summed E-state index contributed by atoms with van der Waals surface area (Å²) < 4.78 is 44.0. The molecule has 310 valence electrons. The first kappa shape index (κ1) is 40.6. The fraction of sp³-hybridized carbons (Fsp3) is 0.312. The average molecular weight is 827 g/mol. The molecule has 0 aromatic heterocycles. The molecule has 5 aromatic carbocycles. The van der Waals surface area contributed by atoms with Crippen molar-refractivity contribution in [3.8, 4) is 16.9 Å². The van der Waals surface area contributed by atoms with E-state index in [1.807, 2.05) is 106 Å². The smallest absolute Gasteiger partial charge is 0.407 e. The second kappa shape index (κ2) is 16.1. The number of amides is 1. The van der Waals surface area contributed by atoms with Crippen molar-refractivity contribution in [2.75, 3.05) is 13.2 Å². The van der Waals surface area contributed by atoms with E-state index in [1.165, 1.54) is 0 Å². The summed E-state index contributed by atoms with van der Waals surface area (Å²) in [5.74, 6) is -0.801. The van der Waals surface area contributed by atoms with Crippen LogP contribution in [0.3, 0.4) is 0 Å². The Morgan fingerprint density at radius 3 is 1.95 bits per heavy atom. The van der Waals surface area contributed by atoms with Crippen LogP contribution in [0.4, 0.5) is 4.79 Å². The third-order valence-electron chi connectivity index (χ3n) is 12.1. The highest BCUT2D eigenvalue weighted by atomic mass is 32.2. The molecule has 11 nitrogen and oxygen atoms in total. The van der Waals surface area contributed by atoms with Crippen LogP contribution in [0, 0.1) is 20.8 Å². The summed E-state index contributed by atoms with van der Waals surface area (Å²) in [5, 5.41) is 16.2. The zero-order valence-corrected chi connectivity index (χ0v) is 35.3. The molecule has 0 saturated carbocycles.